The third-order valence-corrected chi connectivity index (χ3v) is 2.10. The normalized spacial score (nSPS) is 11.7. The zero-order valence-corrected chi connectivity index (χ0v) is 10.0. The maximum absolute atomic E-state index is 12.6. The Labute approximate surface area is 103 Å². The van der Waals surface area contributed by atoms with Crippen molar-refractivity contribution in [3.63, 3.8) is 0 Å². The molecule has 18 heavy (non-hydrogen) atoms. The van der Waals surface area contributed by atoms with Crippen molar-refractivity contribution < 1.29 is 18.0 Å². The van der Waals surface area contributed by atoms with E-state index in [0.717, 1.165) is 12.1 Å². The Morgan fingerprint density at radius 3 is 2.50 bits per heavy atom. The number of rotatable bonds is 3. The van der Waals surface area contributed by atoms with Crippen molar-refractivity contribution in [3.05, 3.63) is 23.8 Å². The summed E-state index contributed by atoms with van der Waals surface area (Å²) < 4.78 is 37.7. The fraction of sp³-hybridized carbons (Fsp3) is 0.364. The van der Waals surface area contributed by atoms with E-state index in [2.05, 4.69) is 5.32 Å². The summed E-state index contributed by atoms with van der Waals surface area (Å²) in [5.74, 6) is -0.391. The predicted octanol–water partition coefficient (Wildman–Crippen LogP) is 1.79. The van der Waals surface area contributed by atoms with Crippen LogP contribution < -0.4 is 11.1 Å². The van der Waals surface area contributed by atoms with Crippen LogP contribution in [-0.4, -0.2) is 31.4 Å². The van der Waals surface area contributed by atoms with Crippen molar-refractivity contribution in [2.75, 3.05) is 31.7 Å². The molecule has 7 heteroatoms. The number of carbonyl (C=O) groups excluding carboxylic acids is 1. The third-order valence-electron chi connectivity index (χ3n) is 2.10. The number of nitrogens with one attached hydrogen (secondary N) is 1. The molecule has 0 aromatic heterocycles. The van der Waals surface area contributed by atoms with Gasteiger partial charge in [0.05, 0.1) is 12.1 Å². The van der Waals surface area contributed by atoms with Gasteiger partial charge in [0, 0.05) is 11.4 Å². The Morgan fingerprint density at radius 1 is 1.39 bits per heavy atom. The number of nitrogens with two attached hydrogens (primary N) is 1. The number of likely N-dealkylation sites (N-methyl/N-ethyl adjacent to an activating group) is 1. The summed E-state index contributed by atoms with van der Waals surface area (Å²) in [6.07, 6.45) is -4.54. The molecule has 0 saturated heterocycles. The van der Waals surface area contributed by atoms with Gasteiger partial charge in [0.15, 0.2) is 0 Å². The largest absolute Gasteiger partial charge is 0.418 e. The van der Waals surface area contributed by atoms with Crippen molar-refractivity contribution in [2.45, 2.75) is 6.18 Å². The number of hydrogen-bond acceptors (Lipinski definition) is 3. The molecule has 0 spiro atoms. The highest BCUT2D eigenvalue weighted by Gasteiger charge is 2.33. The molecular formula is C11H14F3N3O. The molecule has 0 atom stereocenters. The summed E-state index contributed by atoms with van der Waals surface area (Å²) in [5, 5.41) is 2.38. The van der Waals surface area contributed by atoms with E-state index in [1.807, 2.05) is 0 Å². The third kappa shape index (κ3) is 3.92. The molecule has 3 N–H and O–H groups in total. The molecule has 1 rings (SSSR count). The van der Waals surface area contributed by atoms with E-state index >= 15 is 0 Å². The summed E-state index contributed by atoms with van der Waals surface area (Å²) in [6, 6.07) is 3.27. The minimum Gasteiger partial charge on any atom is -0.398 e. The Balaban J connectivity index is 2.89. The molecule has 100 valence electrons. The summed E-state index contributed by atoms with van der Waals surface area (Å²) in [7, 11) is 3.37. The molecule has 0 heterocycles. The van der Waals surface area contributed by atoms with Crippen molar-refractivity contribution in [3.8, 4) is 0 Å². The first-order valence-corrected chi connectivity index (χ1v) is 5.11. The number of hydrogen-bond donors (Lipinski definition) is 2. The zero-order chi connectivity index (χ0) is 13.9. The van der Waals surface area contributed by atoms with Crippen molar-refractivity contribution >= 4 is 17.3 Å². The number of benzene rings is 1. The van der Waals surface area contributed by atoms with Gasteiger partial charge in [0.1, 0.15) is 0 Å². The summed E-state index contributed by atoms with van der Waals surface area (Å²) in [4.78, 5) is 13.0. The Hall–Kier alpha value is -1.76. The number of amides is 1. The van der Waals surface area contributed by atoms with E-state index in [0.29, 0.717) is 0 Å². The first kappa shape index (κ1) is 14.3. The van der Waals surface area contributed by atoms with Gasteiger partial charge in [-0.1, -0.05) is 0 Å². The molecule has 1 aromatic carbocycles. The first-order chi connectivity index (χ1) is 8.20. The van der Waals surface area contributed by atoms with Crippen LogP contribution in [0.4, 0.5) is 24.5 Å². The highest BCUT2D eigenvalue weighted by atomic mass is 19.4. The van der Waals surface area contributed by atoms with E-state index in [9.17, 15) is 18.0 Å². The number of anilines is 2. The summed E-state index contributed by atoms with van der Waals surface area (Å²) in [6.45, 7) is 0.0890. The highest BCUT2D eigenvalue weighted by Crippen LogP contribution is 2.35. The van der Waals surface area contributed by atoms with Gasteiger partial charge >= 0.3 is 6.18 Å². The zero-order valence-electron chi connectivity index (χ0n) is 10.0. The average Bonchev–Trinajstić information content (AvgIpc) is 2.17. The molecule has 0 aliphatic heterocycles. The fourth-order valence-corrected chi connectivity index (χ4v) is 1.37. The van der Waals surface area contributed by atoms with Crippen LogP contribution in [0.25, 0.3) is 0 Å². The van der Waals surface area contributed by atoms with Gasteiger partial charge in [-0.25, -0.2) is 0 Å². The van der Waals surface area contributed by atoms with Crippen molar-refractivity contribution in [1.82, 2.24) is 4.90 Å². The smallest absolute Gasteiger partial charge is 0.398 e. The van der Waals surface area contributed by atoms with Crippen LogP contribution in [0, 0.1) is 0 Å². The second-order valence-corrected chi connectivity index (χ2v) is 4.09. The van der Waals surface area contributed by atoms with Gasteiger partial charge in [-0.15, -0.1) is 0 Å². The number of alkyl halides is 3. The molecular weight excluding hydrogens is 247 g/mol. The SMILES string of the molecule is CN(C)CC(=O)Nc1ccc(N)c(C(F)(F)F)c1. The molecule has 0 aliphatic rings. The lowest BCUT2D eigenvalue weighted by atomic mass is 10.1. The summed E-state index contributed by atoms with van der Waals surface area (Å²) in [5.41, 5.74) is 4.00. The summed E-state index contributed by atoms with van der Waals surface area (Å²) >= 11 is 0. The number of nitrogens with zero attached hydrogens (tertiary/aromatic N) is 1. The van der Waals surface area contributed by atoms with E-state index in [1.165, 1.54) is 6.07 Å². The Morgan fingerprint density at radius 2 is 2.00 bits per heavy atom. The Bertz CT molecular complexity index is 444. The number of nitrogen functional groups attached to an aromatic ring is 1. The van der Waals surface area contributed by atoms with Crippen molar-refractivity contribution in [1.29, 1.82) is 0 Å². The molecule has 0 radical (unpaired) electrons. The molecule has 0 bridgehead atoms. The van der Waals surface area contributed by atoms with Gasteiger partial charge in [0.2, 0.25) is 5.91 Å². The van der Waals surface area contributed by atoms with E-state index in [1.54, 1.807) is 19.0 Å². The lowest BCUT2D eigenvalue weighted by Crippen LogP contribution is -2.27. The average molecular weight is 261 g/mol. The second kappa shape index (κ2) is 5.26. The minimum atomic E-state index is -4.54. The van der Waals surface area contributed by atoms with Crippen LogP contribution in [0.3, 0.4) is 0 Å². The highest BCUT2D eigenvalue weighted by molar-refractivity contribution is 5.92. The van der Waals surface area contributed by atoms with Gasteiger partial charge in [0.25, 0.3) is 0 Å². The van der Waals surface area contributed by atoms with Gasteiger partial charge in [-0.2, -0.15) is 13.2 Å². The molecule has 1 aromatic rings. The van der Waals surface area contributed by atoms with E-state index < -0.39 is 17.6 Å². The fourth-order valence-electron chi connectivity index (χ4n) is 1.37. The lowest BCUT2D eigenvalue weighted by molar-refractivity contribution is -0.136. The van der Waals surface area contributed by atoms with E-state index in [4.69, 9.17) is 5.73 Å². The predicted molar refractivity (Wildman–Crippen MR) is 63.0 cm³/mol. The van der Waals surface area contributed by atoms with Gasteiger partial charge < -0.3 is 16.0 Å². The maximum atomic E-state index is 12.6. The maximum Gasteiger partial charge on any atom is 0.418 e. The van der Waals surface area contributed by atoms with Crippen LogP contribution in [0.1, 0.15) is 5.56 Å². The molecule has 0 aliphatic carbocycles. The second-order valence-electron chi connectivity index (χ2n) is 4.09. The molecule has 0 fully saturated rings. The van der Waals surface area contributed by atoms with Crippen LogP contribution in [-0.2, 0) is 11.0 Å². The molecule has 0 unspecified atom stereocenters. The standard InChI is InChI=1S/C11H14F3N3O/c1-17(2)6-10(18)16-7-3-4-9(15)8(5-7)11(12,13)14/h3-5H,6,15H2,1-2H3,(H,16,18). The van der Waals surface area contributed by atoms with Crippen molar-refractivity contribution in [2.24, 2.45) is 0 Å². The van der Waals surface area contributed by atoms with Crippen LogP contribution in [0.2, 0.25) is 0 Å². The molecule has 0 saturated carbocycles. The molecule has 1 amide bonds. The van der Waals surface area contributed by atoms with Crippen LogP contribution in [0.15, 0.2) is 18.2 Å². The monoisotopic (exact) mass is 261 g/mol. The van der Waals surface area contributed by atoms with Gasteiger partial charge in [-0.3, -0.25) is 4.79 Å². The number of halogens is 3. The van der Waals surface area contributed by atoms with Crippen LogP contribution >= 0.6 is 0 Å². The van der Waals surface area contributed by atoms with E-state index in [-0.39, 0.29) is 17.9 Å². The van der Waals surface area contributed by atoms with Crippen LogP contribution in [0.5, 0.6) is 0 Å². The topological polar surface area (TPSA) is 58.4 Å². The molecule has 4 nitrogen and oxygen atoms in total. The minimum absolute atomic E-state index is 0.0726. The Kier molecular flexibility index (Phi) is 4.18. The van der Waals surface area contributed by atoms with Gasteiger partial charge in [-0.05, 0) is 32.3 Å². The number of carbonyl (C=O) groups is 1. The first-order valence-electron chi connectivity index (χ1n) is 5.11. The quantitative estimate of drug-likeness (QED) is 0.815. The lowest BCUT2D eigenvalue weighted by Gasteiger charge is -2.13.